The third-order valence-corrected chi connectivity index (χ3v) is 2.64. The molecule has 0 saturated carbocycles. The van der Waals surface area contributed by atoms with Crippen LogP contribution in [0.1, 0.15) is 5.56 Å². The van der Waals surface area contributed by atoms with Crippen LogP contribution >= 0.6 is 12.6 Å². The third kappa shape index (κ3) is 2.14. The Kier molecular flexibility index (Phi) is 3.12. The summed E-state index contributed by atoms with van der Waals surface area (Å²) in [4.78, 5) is 0.615. The normalized spacial score (nSPS) is 17.4. The van der Waals surface area contributed by atoms with E-state index in [0.717, 1.165) is 17.4 Å². The average Bonchev–Trinajstić information content (AvgIpc) is 2.86. The van der Waals surface area contributed by atoms with Crippen molar-refractivity contribution in [2.75, 3.05) is 0 Å². The van der Waals surface area contributed by atoms with Crippen molar-refractivity contribution >= 4 is 24.4 Å². The number of aromatic nitrogens is 2. The fourth-order valence-corrected chi connectivity index (χ4v) is 1.76. The van der Waals surface area contributed by atoms with Crippen LogP contribution in [-0.2, 0) is 0 Å². The summed E-state index contributed by atoms with van der Waals surface area (Å²) in [7, 11) is 0. The summed E-state index contributed by atoms with van der Waals surface area (Å²) >= 11 is 4.31. The number of dihydropyridines is 1. The highest BCUT2D eigenvalue weighted by Gasteiger charge is 2.13. The minimum absolute atomic E-state index is 0.244. The van der Waals surface area contributed by atoms with E-state index >= 15 is 0 Å². The number of allylic oxidation sites excluding steroid dienone is 3. The van der Waals surface area contributed by atoms with Crippen molar-refractivity contribution in [2.45, 2.75) is 0 Å². The highest BCUT2D eigenvalue weighted by atomic mass is 32.1. The lowest BCUT2D eigenvalue weighted by molar-refractivity contribution is 1.08. The molecule has 5 nitrogen and oxygen atoms in total. The molecule has 0 spiro atoms. The predicted molar refractivity (Wildman–Crippen MR) is 68.2 cm³/mol. The molecule has 0 atom stereocenters. The van der Waals surface area contributed by atoms with E-state index < -0.39 is 0 Å². The smallest absolute Gasteiger partial charge is 0.103 e. The fourth-order valence-electron chi connectivity index (χ4n) is 1.44. The number of hydrogen-bond acceptors (Lipinski definition) is 5. The van der Waals surface area contributed by atoms with E-state index in [1.54, 1.807) is 18.6 Å². The van der Waals surface area contributed by atoms with Crippen LogP contribution in [0.4, 0.5) is 0 Å². The van der Waals surface area contributed by atoms with Gasteiger partial charge in [-0.3, -0.25) is 5.10 Å². The van der Waals surface area contributed by atoms with Gasteiger partial charge in [-0.2, -0.15) is 10.4 Å². The van der Waals surface area contributed by atoms with Gasteiger partial charge in [-0.05, 0) is 6.08 Å². The van der Waals surface area contributed by atoms with Crippen LogP contribution in [0, 0.1) is 16.7 Å². The first-order valence-corrected chi connectivity index (χ1v) is 5.22. The van der Waals surface area contributed by atoms with Gasteiger partial charge < -0.3 is 10.7 Å². The number of hydrogen-bond donors (Lipinski definition) is 4. The Labute approximate surface area is 103 Å². The first-order valence-electron chi connectivity index (χ1n) is 4.78. The van der Waals surface area contributed by atoms with E-state index in [9.17, 15) is 0 Å². The second kappa shape index (κ2) is 4.72. The lowest BCUT2D eigenvalue weighted by Gasteiger charge is -2.15. The van der Waals surface area contributed by atoms with E-state index in [2.05, 4.69) is 28.1 Å². The van der Waals surface area contributed by atoms with Crippen LogP contribution in [0.3, 0.4) is 0 Å². The van der Waals surface area contributed by atoms with Gasteiger partial charge in [0, 0.05) is 34.7 Å². The molecule has 1 aliphatic heterocycles. The van der Waals surface area contributed by atoms with E-state index in [0.29, 0.717) is 10.6 Å². The summed E-state index contributed by atoms with van der Waals surface area (Å²) in [5.74, 6) is 0. The first kappa shape index (κ1) is 11.2. The molecule has 1 aromatic rings. The number of H-pyrrole nitrogens is 1. The Bertz CT molecular complexity index is 572. The van der Waals surface area contributed by atoms with Crippen LogP contribution in [0.25, 0.3) is 5.57 Å². The topological polar surface area (TPSA) is 88.3 Å². The molecule has 0 unspecified atom stereocenters. The summed E-state index contributed by atoms with van der Waals surface area (Å²) < 4.78 is 0. The van der Waals surface area contributed by atoms with Crippen LogP contribution in [0.5, 0.6) is 0 Å². The van der Waals surface area contributed by atoms with Crippen molar-refractivity contribution in [3.63, 3.8) is 0 Å². The molecule has 6 heteroatoms. The monoisotopic (exact) mass is 243 g/mol. The zero-order valence-electron chi connectivity index (χ0n) is 8.73. The fraction of sp³-hybridized carbons (Fsp3) is 0. The largest absolute Gasteiger partial charge is 0.359 e. The van der Waals surface area contributed by atoms with Crippen molar-refractivity contribution in [1.29, 1.82) is 10.7 Å². The Morgan fingerprint density at radius 1 is 1.59 bits per heavy atom. The van der Waals surface area contributed by atoms with Gasteiger partial charge in [-0.25, -0.2) is 0 Å². The second-order valence-corrected chi connectivity index (χ2v) is 3.79. The first-order chi connectivity index (χ1) is 8.26. The van der Waals surface area contributed by atoms with Gasteiger partial charge in [0.2, 0.25) is 0 Å². The average molecular weight is 243 g/mol. The molecule has 84 valence electrons. The zero-order valence-corrected chi connectivity index (χ0v) is 9.62. The third-order valence-electron chi connectivity index (χ3n) is 2.29. The zero-order chi connectivity index (χ0) is 12.3. The van der Waals surface area contributed by atoms with Crippen molar-refractivity contribution in [1.82, 2.24) is 15.5 Å². The minimum atomic E-state index is 0.244. The lowest BCUT2D eigenvalue weighted by atomic mass is 10.1. The van der Waals surface area contributed by atoms with E-state index in [1.807, 2.05) is 12.1 Å². The van der Waals surface area contributed by atoms with Crippen LogP contribution in [0.15, 0.2) is 40.8 Å². The maximum absolute atomic E-state index is 8.85. The van der Waals surface area contributed by atoms with Gasteiger partial charge in [-0.15, -0.1) is 12.6 Å². The van der Waals surface area contributed by atoms with Gasteiger partial charge in [0.1, 0.15) is 6.07 Å². The SMILES string of the molecule is N#C/C(C=N)=C1/NC=C(c2cn[nH]c2)C=C1S. The molecule has 2 heterocycles. The molecule has 17 heavy (non-hydrogen) atoms. The van der Waals surface area contributed by atoms with Crippen molar-refractivity contribution in [3.05, 3.63) is 46.4 Å². The van der Waals surface area contributed by atoms with Gasteiger partial charge in [0.25, 0.3) is 0 Å². The summed E-state index contributed by atoms with van der Waals surface area (Å²) in [5.41, 5.74) is 2.62. The van der Waals surface area contributed by atoms with E-state index in [-0.39, 0.29) is 5.57 Å². The quantitative estimate of drug-likeness (QED) is 0.361. The number of nitrogens with one attached hydrogen (secondary N) is 3. The van der Waals surface area contributed by atoms with Gasteiger partial charge >= 0.3 is 0 Å². The van der Waals surface area contributed by atoms with Crippen LogP contribution < -0.4 is 5.32 Å². The molecule has 0 aromatic carbocycles. The van der Waals surface area contributed by atoms with Crippen molar-refractivity contribution in [3.8, 4) is 6.07 Å². The van der Waals surface area contributed by atoms with Gasteiger partial charge in [0.05, 0.1) is 17.5 Å². The van der Waals surface area contributed by atoms with E-state index in [4.69, 9.17) is 10.7 Å². The molecule has 0 fully saturated rings. The summed E-state index contributed by atoms with van der Waals surface area (Å²) in [6.45, 7) is 0. The number of nitrogens with zero attached hydrogens (tertiary/aromatic N) is 2. The molecule has 1 aromatic heterocycles. The van der Waals surface area contributed by atoms with Gasteiger partial charge in [0.15, 0.2) is 0 Å². The lowest BCUT2D eigenvalue weighted by Crippen LogP contribution is -2.13. The standard InChI is InChI=1S/C11H9N5S/c12-2-8(3-13)11-10(17)1-7(4-14-11)9-5-15-16-6-9/h1-2,4-6,12,14,17H,(H,15,16)/b11-8+,12-2?. The molecule has 0 amide bonds. The maximum atomic E-state index is 8.85. The highest BCUT2D eigenvalue weighted by Crippen LogP contribution is 2.26. The predicted octanol–water partition coefficient (Wildman–Crippen LogP) is 1.59. The Morgan fingerprint density at radius 3 is 2.94 bits per heavy atom. The molecule has 0 saturated heterocycles. The summed E-state index contributed by atoms with van der Waals surface area (Å²) in [6.07, 6.45) is 8.04. The molecule has 0 bridgehead atoms. The Morgan fingerprint density at radius 2 is 2.41 bits per heavy atom. The Balaban J connectivity index is 2.37. The summed E-state index contributed by atoms with van der Waals surface area (Å²) in [6, 6.07) is 1.94. The number of thiol groups is 1. The number of nitriles is 1. The molecular formula is C11H9N5S. The number of aromatic amines is 1. The van der Waals surface area contributed by atoms with Gasteiger partial charge in [-0.1, -0.05) is 0 Å². The van der Waals surface area contributed by atoms with Crippen LogP contribution in [0.2, 0.25) is 0 Å². The molecule has 2 rings (SSSR count). The Hall–Kier alpha value is -2.26. The number of rotatable bonds is 2. The van der Waals surface area contributed by atoms with Crippen LogP contribution in [-0.4, -0.2) is 16.4 Å². The van der Waals surface area contributed by atoms with Crippen molar-refractivity contribution in [2.24, 2.45) is 0 Å². The van der Waals surface area contributed by atoms with E-state index in [1.165, 1.54) is 0 Å². The second-order valence-electron chi connectivity index (χ2n) is 3.31. The molecule has 3 N–H and O–H groups in total. The molecule has 1 aliphatic rings. The van der Waals surface area contributed by atoms with Crippen molar-refractivity contribution < 1.29 is 0 Å². The molecular weight excluding hydrogens is 234 g/mol. The summed E-state index contributed by atoms with van der Waals surface area (Å²) in [5, 5.41) is 25.5. The molecule has 0 aliphatic carbocycles. The maximum Gasteiger partial charge on any atom is 0.103 e. The highest BCUT2D eigenvalue weighted by molar-refractivity contribution is 7.84. The molecule has 0 radical (unpaired) electrons. The minimum Gasteiger partial charge on any atom is -0.359 e.